The van der Waals surface area contributed by atoms with Gasteiger partial charge in [-0.1, -0.05) is 18.7 Å². The highest BCUT2D eigenvalue weighted by molar-refractivity contribution is 7.99. The number of ether oxygens (including phenoxy) is 2. The minimum atomic E-state index is -0.863. The van der Waals surface area contributed by atoms with E-state index in [-0.39, 0.29) is 17.8 Å². The van der Waals surface area contributed by atoms with E-state index in [4.69, 9.17) is 14.6 Å². The minimum Gasteiger partial charge on any atom is -0.481 e. The zero-order chi connectivity index (χ0) is 15.2. The van der Waals surface area contributed by atoms with E-state index in [1.165, 1.54) is 11.8 Å². The molecule has 0 spiro atoms. The van der Waals surface area contributed by atoms with Gasteiger partial charge in [0.05, 0.1) is 18.5 Å². The van der Waals surface area contributed by atoms with Gasteiger partial charge in [-0.2, -0.15) is 0 Å². The van der Waals surface area contributed by atoms with Gasteiger partial charge in [-0.15, -0.1) is 10.2 Å². The quantitative estimate of drug-likeness (QED) is 0.725. The van der Waals surface area contributed by atoms with Crippen LogP contribution in [0.3, 0.4) is 0 Å². The van der Waals surface area contributed by atoms with Crippen LogP contribution in [0.25, 0.3) is 0 Å². The van der Waals surface area contributed by atoms with E-state index in [2.05, 4.69) is 17.1 Å². The van der Waals surface area contributed by atoms with Gasteiger partial charge in [0.15, 0.2) is 5.16 Å². The Morgan fingerprint density at radius 2 is 2.38 bits per heavy atom. The first-order valence-electron chi connectivity index (χ1n) is 7.05. The maximum absolute atomic E-state index is 10.7. The van der Waals surface area contributed by atoms with Gasteiger partial charge in [0.1, 0.15) is 5.82 Å². The molecule has 8 heteroatoms. The van der Waals surface area contributed by atoms with Crippen LogP contribution >= 0.6 is 11.8 Å². The number of aliphatic carboxylic acids is 1. The van der Waals surface area contributed by atoms with Crippen molar-refractivity contribution in [1.82, 2.24) is 14.8 Å². The molecule has 1 N–H and O–H groups in total. The van der Waals surface area contributed by atoms with Crippen molar-refractivity contribution in [1.29, 1.82) is 0 Å². The molecule has 1 aromatic rings. The van der Waals surface area contributed by atoms with Gasteiger partial charge in [-0.25, -0.2) is 0 Å². The maximum atomic E-state index is 10.7. The van der Waals surface area contributed by atoms with Crippen molar-refractivity contribution in [2.24, 2.45) is 0 Å². The van der Waals surface area contributed by atoms with Crippen molar-refractivity contribution < 1.29 is 19.4 Å². The Balaban J connectivity index is 2.20. The van der Waals surface area contributed by atoms with Crippen LogP contribution in [0.15, 0.2) is 5.16 Å². The van der Waals surface area contributed by atoms with Crippen molar-refractivity contribution in [2.75, 3.05) is 26.1 Å². The van der Waals surface area contributed by atoms with Crippen LogP contribution in [0.5, 0.6) is 0 Å². The van der Waals surface area contributed by atoms with Gasteiger partial charge in [0, 0.05) is 26.2 Å². The Hall–Kier alpha value is -1.12. The maximum Gasteiger partial charge on any atom is 0.313 e. The number of carbonyl (C=O) groups is 1. The van der Waals surface area contributed by atoms with Gasteiger partial charge in [-0.3, -0.25) is 4.79 Å². The van der Waals surface area contributed by atoms with E-state index >= 15 is 0 Å². The first-order valence-corrected chi connectivity index (χ1v) is 8.04. The lowest BCUT2D eigenvalue weighted by Gasteiger charge is -2.17. The van der Waals surface area contributed by atoms with Crippen molar-refractivity contribution in [3.63, 3.8) is 0 Å². The number of thioether (sulfide) groups is 1. The number of aromatic nitrogens is 3. The van der Waals surface area contributed by atoms with Crippen LogP contribution in [0.2, 0.25) is 0 Å². The third-order valence-corrected chi connectivity index (χ3v) is 4.48. The summed E-state index contributed by atoms with van der Waals surface area (Å²) in [6, 6.07) is 0. The van der Waals surface area contributed by atoms with Crippen molar-refractivity contribution in [3.8, 4) is 0 Å². The third-order valence-electron chi connectivity index (χ3n) is 3.53. The summed E-state index contributed by atoms with van der Waals surface area (Å²) in [5, 5.41) is 17.9. The van der Waals surface area contributed by atoms with Gasteiger partial charge < -0.3 is 19.1 Å². The summed E-state index contributed by atoms with van der Waals surface area (Å²) < 4.78 is 12.8. The van der Waals surface area contributed by atoms with E-state index in [1.54, 1.807) is 7.11 Å². The molecule has 2 unspecified atom stereocenters. The summed E-state index contributed by atoms with van der Waals surface area (Å²) in [6.45, 7) is 3.99. The van der Waals surface area contributed by atoms with Gasteiger partial charge in [0.25, 0.3) is 0 Å². The molecule has 0 saturated carbocycles. The summed E-state index contributed by atoms with van der Waals surface area (Å²) >= 11 is 1.19. The lowest BCUT2D eigenvalue weighted by Crippen LogP contribution is -2.19. The summed E-state index contributed by atoms with van der Waals surface area (Å²) in [5.41, 5.74) is 0. The fourth-order valence-electron chi connectivity index (χ4n) is 2.55. The SMILES string of the molecule is CCC1OCCC1c1nnc(SCC(=O)O)n1CCOC. The summed E-state index contributed by atoms with van der Waals surface area (Å²) in [6.07, 6.45) is 2.01. The molecule has 0 radical (unpaired) electrons. The third kappa shape index (κ3) is 3.96. The number of methoxy groups -OCH3 is 1. The van der Waals surface area contributed by atoms with Crippen LogP contribution < -0.4 is 0 Å². The topological polar surface area (TPSA) is 86.5 Å². The second-order valence-electron chi connectivity index (χ2n) is 4.88. The molecule has 2 atom stereocenters. The van der Waals surface area contributed by atoms with E-state index < -0.39 is 5.97 Å². The highest BCUT2D eigenvalue weighted by Crippen LogP contribution is 2.33. The summed E-state index contributed by atoms with van der Waals surface area (Å²) in [7, 11) is 1.64. The second kappa shape index (κ2) is 7.77. The van der Waals surface area contributed by atoms with Gasteiger partial charge >= 0.3 is 5.97 Å². The van der Waals surface area contributed by atoms with Crippen molar-refractivity contribution in [2.45, 2.75) is 43.5 Å². The molecule has 2 heterocycles. The standard InChI is InChI=1S/C13H21N3O4S/c1-3-10-9(4-6-20-10)12-14-15-13(21-8-11(17)18)16(12)5-7-19-2/h9-10H,3-8H2,1-2H3,(H,17,18). The Kier molecular flexibility index (Phi) is 6.01. The zero-order valence-corrected chi connectivity index (χ0v) is 13.1. The van der Waals surface area contributed by atoms with Crippen molar-refractivity contribution in [3.05, 3.63) is 5.82 Å². The molecule has 7 nitrogen and oxygen atoms in total. The molecule has 1 aliphatic rings. The van der Waals surface area contributed by atoms with Crippen LogP contribution in [-0.4, -0.2) is 58.0 Å². The first-order chi connectivity index (χ1) is 10.2. The Morgan fingerprint density at radius 3 is 3.05 bits per heavy atom. The number of carboxylic acid groups (broad SMARTS) is 1. The number of hydrogen-bond donors (Lipinski definition) is 1. The number of hydrogen-bond acceptors (Lipinski definition) is 6. The molecule has 2 rings (SSSR count). The molecule has 1 aromatic heterocycles. The number of carboxylic acids is 1. The van der Waals surface area contributed by atoms with Gasteiger partial charge in [0.2, 0.25) is 0 Å². The Labute approximate surface area is 128 Å². The van der Waals surface area contributed by atoms with Crippen LogP contribution in [-0.2, 0) is 20.8 Å². The second-order valence-corrected chi connectivity index (χ2v) is 5.82. The lowest BCUT2D eigenvalue weighted by atomic mass is 9.99. The Morgan fingerprint density at radius 1 is 1.57 bits per heavy atom. The average Bonchev–Trinajstić information content (AvgIpc) is 3.08. The average molecular weight is 315 g/mol. The minimum absolute atomic E-state index is 0.0243. The predicted molar refractivity (Wildman–Crippen MR) is 77.6 cm³/mol. The fraction of sp³-hybridized carbons (Fsp3) is 0.769. The smallest absolute Gasteiger partial charge is 0.313 e. The van der Waals surface area contributed by atoms with E-state index in [9.17, 15) is 4.79 Å². The number of rotatable bonds is 8. The van der Waals surface area contributed by atoms with Crippen LogP contribution in [0.4, 0.5) is 0 Å². The molecular formula is C13H21N3O4S. The van der Waals surface area contributed by atoms with E-state index in [0.29, 0.717) is 18.3 Å². The number of nitrogens with zero attached hydrogens (tertiary/aromatic N) is 3. The predicted octanol–water partition coefficient (Wildman–Crippen LogP) is 1.38. The van der Waals surface area contributed by atoms with Gasteiger partial charge in [-0.05, 0) is 12.8 Å². The van der Waals surface area contributed by atoms with E-state index in [0.717, 1.165) is 25.3 Å². The molecule has 1 fully saturated rings. The Bertz CT molecular complexity index is 480. The zero-order valence-electron chi connectivity index (χ0n) is 12.3. The largest absolute Gasteiger partial charge is 0.481 e. The molecule has 0 aliphatic carbocycles. The molecular weight excluding hydrogens is 294 g/mol. The highest BCUT2D eigenvalue weighted by atomic mass is 32.2. The molecule has 0 amide bonds. The molecule has 0 aromatic carbocycles. The van der Waals surface area contributed by atoms with E-state index in [1.807, 2.05) is 4.57 Å². The van der Waals surface area contributed by atoms with Crippen LogP contribution in [0, 0.1) is 0 Å². The summed E-state index contributed by atoms with van der Waals surface area (Å²) in [5.74, 6) is 0.213. The fourth-order valence-corrected chi connectivity index (χ4v) is 3.24. The molecule has 1 saturated heterocycles. The molecule has 118 valence electrons. The summed E-state index contributed by atoms with van der Waals surface area (Å²) in [4.78, 5) is 10.7. The lowest BCUT2D eigenvalue weighted by molar-refractivity contribution is -0.133. The highest BCUT2D eigenvalue weighted by Gasteiger charge is 2.33. The van der Waals surface area contributed by atoms with Crippen LogP contribution in [0.1, 0.15) is 31.5 Å². The molecule has 0 bridgehead atoms. The van der Waals surface area contributed by atoms with Crippen molar-refractivity contribution >= 4 is 17.7 Å². The monoisotopic (exact) mass is 315 g/mol. The molecule has 1 aliphatic heterocycles. The molecule has 21 heavy (non-hydrogen) atoms. The normalized spacial score (nSPS) is 21.8. The first kappa shape index (κ1) is 16.3.